The maximum absolute atomic E-state index is 13.9. The molecule has 0 bridgehead atoms. The summed E-state index contributed by atoms with van der Waals surface area (Å²) in [4.78, 5) is 26.5. The summed E-state index contributed by atoms with van der Waals surface area (Å²) < 4.78 is 41.4. The third kappa shape index (κ3) is 5.48. The van der Waals surface area contributed by atoms with Gasteiger partial charge in [0, 0.05) is 24.3 Å². The van der Waals surface area contributed by atoms with E-state index in [-0.39, 0.29) is 5.91 Å². The second-order valence-corrected chi connectivity index (χ2v) is 9.52. The van der Waals surface area contributed by atoms with Crippen molar-refractivity contribution in [2.24, 2.45) is 5.92 Å². The van der Waals surface area contributed by atoms with Crippen molar-refractivity contribution in [3.05, 3.63) is 59.9 Å². The van der Waals surface area contributed by atoms with Crippen molar-refractivity contribution in [2.45, 2.75) is 37.6 Å². The van der Waals surface area contributed by atoms with E-state index in [1.54, 1.807) is 43.0 Å². The molecular formula is C22H26FN3O4S. The zero-order valence-electron chi connectivity index (χ0n) is 17.5. The van der Waals surface area contributed by atoms with Gasteiger partial charge in [-0.25, -0.2) is 12.8 Å². The number of sulfonamides is 1. The minimum atomic E-state index is -4.24. The molecule has 1 fully saturated rings. The molecule has 1 atom stereocenters. The highest BCUT2D eigenvalue weighted by molar-refractivity contribution is 7.89. The second-order valence-electron chi connectivity index (χ2n) is 7.84. The molecule has 1 aliphatic rings. The first-order chi connectivity index (χ1) is 14.7. The van der Waals surface area contributed by atoms with Gasteiger partial charge < -0.3 is 10.2 Å². The van der Waals surface area contributed by atoms with Crippen LogP contribution in [0.25, 0.3) is 0 Å². The van der Waals surface area contributed by atoms with Crippen molar-refractivity contribution in [1.82, 2.24) is 9.62 Å². The summed E-state index contributed by atoms with van der Waals surface area (Å²) in [5.74, 6) is -1.91. The van der Waals surface area contributed by atoms with E-state index in [4.69, 9.17) is 0 Å². The third-order valence-corrected chi connectivity index (χ3v) is 6.62. The molecule has 7 nitrogen and oxygen atoms in total. The lowest BCUT2D eigenvalue weighted by molar-refractivity contribution is -0.118. The fourth-order valence-electron chi connectivity index (χ4n) is 3.40. The lowest BCUT2D eigenvalue weighted by Crippen LogP contribution is -2.47. The van der Waals surface area contributed by atoms with Gasteiger partial charge in [0.25, 0.3) is 5.91 Å². The number of nitrogens with zero attached hydrogens (tertiary/aromatic N) is 1. The Labute approximate surface area is 181 Å². The third-order valence-electron chi connectivity index (χ3n) is 5.15. The SMILES string of the molecule is CC(C)[C@H](NS(=O)(=O)c1ccccc1F)C(=O)Nc1ccc(C(=O)N2CCCC2)cc1. The number of anilines is 1. The second kappa shape index (κ2) is 9.57. The summed E-state index contributed by atoms with van der Waals surface area (Å²) in [6.07, 6.45) is 2.00. The fraction of sp³-hybridized carbons (Fsp3) is 0.364. The van der Waals surface area contributed by atoms with Crippen LogP contribution in [0.4, 0.5) is 10.1 Å². The largest absolute Gasteiger partial charge is 0.339 e. The number of carbonyl (C=O) groups excluding carboxylic acids is 2. The van der Waals surface area contributed by atoms with Gasteiger partial charge in [0.05, 0.1) is 0 Å². The van der Waals surface area contributed by atoms with Gasteiger partial charge >= 0.3 is 0 Å². The van der Waals surface area contributed by atoms with E-state index in [0.717, 1.165) is 38.1 Å². The summed E-state index contributed by atoms with van der Waals surface area (Å²) in [7, 11) is -4.24. The highest BCUT2D eigenvalue weighted by atomic mass is 32.2. The predicted octanol–water partition coefficient (Wildman–Crippen LogP) is 3.00. The summed E-state index contributed by atoms with van der Waals surface area (Å²) in [6, 6.07) is 10.3. The van der Waals surface area contributed by atoms with E-state index in [9.17, 15) is 22.4 Å². The first-order valence-corrected chi connectivity index (χ1v) is 11.6. The Morgan fingerprint density at radius 2 is 1.61 bits per heavy atom. The average Bonchev–Trinajstić information content (AvgIpc) is 3.27. The quantitative estimate of drug-likeness (QED) is 0.682. The number of hydrogen-bond donors (Lipinski definition) is 2. The van der Waals surface area contributed by atoms with Gasteiger partial charge in [-0.1, -0.05) is 26.0 Å². The summed E-state index contributed by atoms with van der Waals surface area (Å²) in [6.45, 7) is 4.86. The van der Waals surface area contributed by atoms with Gasteiger partial charge in [-0.15, -0.1) is 0 Å². The van der Waals surface area contributed by atoms with Crippen LogP contribution in [-0.2, 0) is 14.8 Å². The predicted molar refractivity (Wildman–Crippen MR) is 116 cm³/mol. The highest BCUT2D eigenvalue weighted by Gasteiger charge is 2.30. The molecule has 0 spiro atoms. The molecule has 0 aliphatic carbocycles. The zero-order chi connectivity index (χ0) is 22.6. The molecule has 9 heteroatoms. The molecule has 1 aliphatic heterocycles. The van der Waals surface area contributed by atoms with Gasteiger partial charge in [0.15, 0.2) is 0 Å². The molecule has 2 amide bonds. The van der Waals surface area contributed by atoms with Crippen molar-refractivity contribution >= 4 is 27.5 Å². The zero-order valence-corrected chi connectivity index (χ0v) is 18.3. The van der Waals surface area contributed by atoms with Crippen LogP contribution in [0.2, 0.25) is 0 Å². The Balaban J connectivity index is 1.71. The molecule has 0 saturated carbocycles. The number of amides is 2. The average molecular weight is 448 g/mol. The van der Waals surface area contributed by atoms with Crippen molar-refractivity contribution in [2.75, 3.05) is 18.4 Å². The molecule has 3 rings (SSSR count). The van der Waals surface area contributed by atoms with Crippen LogP contribution in [0, 0.1) is 11.7 Å². The van der Waals surface area contributed by atoms with E-state index in [0.29, 0.717) is 11.3 Å². The van der Waals surface area contributed by atoms with Crippen LogP contribution in [0.5, 0.6) is 0 Å². The van der Waals surface area contributed by atoms with Gasteiger partial charge in [-0.2, -0.15) is 4.72 Å². The van der Waals surface area contributed by atoms with Crippen LogP contribution in [-0.4, -0.2) is 44.3 Å². The number of carbonyl (C=O) groups is 2. The minimum absolute atomic E-state index is 0.0481. The Morgan fingerprint density at radius 3 is 2.19 bits per heavy atom. The Hall–Kier alpha value is -2.78. The van der Waals surface area contributed by atoms with Gasteiger partial charge in [-0.05, 0) is 55.2 Å². The normalized spacial score (nSPS) is 15.2. The molecule has 2 aromatic carbocycles. The number of likely N-dealkylation sites (tertiary alicyclic amines) is 1. The number of hydrogen-bond acceptors (Lipinski definition) is 4. The molecule has 1 saturated heterocycles. The molecule has 1 heterocycles. The van der Waals surface area contributed by atoms with E-state index in [1.165, 1.54) is 12.1 Å². The topological polar surface area (TPSA) is 95.6 Å². The monoisotopic (exact) mass is 447 g/mol. The van der Waals surface area contributed by atoms with Crippen molar-refractivity contribution < 1.29 is 22.4 Å². The maximum Gasteiger partial charge on any atom is 0.253 e. The standard InChI is InChI=1S/C22H26FN3O4S/c1-15(2)20(25-31(29,30)19-8-4-3-7-18(19)23)21(27)24-17-11-9-16(10-12-17)22(28)26-13-5-6-14-26/h3-4,7-12,15,20,25H,5-6,13-14H2,1-2H3,(H,24,27)/t20-/m0/s1. The molecule has 166 valence electrons. The van der Waals surface area contributed by atoms with Crippen LogP contribution < -0.4 is 10.0 Å². The molecule has 0 unspecified atom stereocenters. The maximum atomic E-state index is 13.9. The van der Waals surface area contributed by atoms with Gasteiger partial charge in [0.2, 0.25) is 15.9 Å². The molecule has 0 aromatic heterocycles. The van der Waals surface area contributed by atoms with E-state index in [1.807, 2.05) is 0 Å². The number of benzene rings is 2. The molecule has 31 heavy (non-hydrogen) atoms. The first-order valence-electron chi connectivity index (χ1n) is 10.2. The minimum Gasteiger partial charge on any atom is -0.339 e. The van der Waals surface area contributed by atoms with Crippen molar-refractivity contribution in [3.8, 4) is 0 Å². The molecule has 2 N–H and O–H groups in total. The lowest BCUT2D eigenvalue weighted by Gasteiger charge is -2.22. The van der Waals surface area contributed by atoms with Gasteiger partial charge in [0.1, 0.15) is 16.8 Å². The molecular weight excluding hydrogens is 421 g/mol. The highest BCUT2D eigenvalue weighted by Crippen LogP contribution is 2.18. The van der Waals surface area contributed by atoms with Crippen LogP contribution >= 0.6 is 0 Å². The summed E-state index contributed by atoms with van der Waals surface area (Å²) in [5, 5.41) is 2.66. The smallest absolute Gasteiger partial charge is 0.253 e. The number of halogens is 1. The number of nitrogens with one attached hydrogen (secondary N) is 2. The van der Waals surface area contributed by atoms with E-state index >= 15 is 0 Å². The Kier molecular flexibility index (Phi) is 7.07. The van der Waals surface area contributed by atoms with Gasteiger partial charge in [-0.3, -0.25) is 9.59 Å². The molecule has 0 radical (unpaired) electrons. The van der Waals surface area contributed by atoms with Crippen LogP contribution in [0.15, 0.2) is 53.4 Å². The van der Waals surface area contributed by atoms with Crippen molar-refractivity contribution in [3.63, 3.8) is 0 Å². The summed E-state index contributed by atoms with van der Waals surface area (Å²) >= 11 is 0. The van der Waals surface area contributed by atoms with E-state index < -0.39 is 38.6 Å². The van der Waals surface area contributed by atoms with Crippen LogP contribution in [0.3, 0.4) is 0 Å². The van der Waals surface area contributed by atoms with Crippen molar-refractivity contribution in [1.29, 1.82) is 0 Å². The van der Waals surface area contributed by atoms with E-state index in [2.05, 4.69) is 10.0 Å². The lowest BCUT2D eigenvalue weighted by atomic mass is 10.0. The summed E-state index contributed by atoms with van der Waals surface area (Å²) in [5.41, 5.74) is 0.958. The Morgan fingerprint density at radius 1 is 1.00 bits per heavy atom. The fourth-order valence-corrected chi connectivity index (χ4v) is 4.83. The molecule has 2 aromatic rings. The number of rotatable bonds is 7. The van der Waals surface area contributed by atoms with Crippen LogP contribution in [0.1, 0.15) is 37.0 Å². The first kappa shape index (κ1) is 22.9. The Bertz CT molecular complexity index is 1050.